The molecule has 0 aliphatic rings. The number of aromatic nitrogens is 2. The van der Waals surface area contributed by atoms with E-state index < -0.39 is 10.0 Å². The Hall–Kier alpha value is -1.40. The van der Waals surface area contributed by atoms with Gasteiger partial charge in [0, 0.05) is 18.7 Å². The highest BCUT2D eigenvalue weighted by Gasteiger charge is 2.23. The van der Waals surface area contributed by atoms with Crippen molar-refractivity contribution >= 4 is 15.5 Å². The van der Waals surface area contributed by atoms with Gasteiger partial charge in [-0.25, -0.2) is 18.1 Å². The highest BCUT2D eigenvalue weighted by Crippen LogP contribution is 2.20. The van der Waals surface area contributed by atoms with Crippen molar-refractivity contribution in [2.75, 3.05) is 0 Å². The van der Waals surface area contributed by atoms with E-state index in [1.807, 2.05) is 22.7 Å². The van der Waals surface area contributed by atoms with Crippen LogP contribution in [0.2, 0.25) is 0 Å². The molecule has 0 amide bonds. The smallest absolute Gasteiger partial charge is 0.260 e. The first kappa shape index (κ1) is 16.0. The van der Waals surface area contributed by atoms with Gasteiger partial charge in [0.2, 0.25) is 0 Å². The molecule has 0 radical (unpaired) electrons. The Balaban J connectivity index is 2.65. The molecule has 6 heteroatoms. The Labute approximate surface area is 126 Å². The molecule has 2 aromatic rings. The molecule has 0 fully saturated rings. The van der Waals surface area contributed by atoms with E-state index in [9.17, 15) is 8.42 Å². The molecule has 0 saturated heterocycles. The van der Waals surface area contributed by atoms with Crippen molar-refractivity contribution < 1.29 is 8.42 Å². The molecule has 0 unspecified atom stereocenters. The first-order chi connectivity index (χ1) is 9.89. The van der Waals surface area contributed by atoms with E-state index in [1.165, 1.54) is 0 Å². The average Bonchev–Trinajstić information content (AvgIpc) is 2.77. The zero-order chi connectivity index (χ0) is 15.6. The van der Waals surface area contributed by atoms with Gasteiger partial charge in [0.1, 0.15) is 5.82 Å². The van der Waals surface area contributed by atoms with E-state index in [0.29, 0.717) is 5.52 Å². The fourth-order valence-electron chi connectivity index (χ4n) is 2.33. The largest absolute Gasteiger partial charge is 0.302 e. The normalized spacial score (nSPS) is 12.4. The topological polar surface area (TPSA) is 63.5 Å². The van der Waals surface area contributed by atoms with Crippen molar-refractivity contribution in [2.24, 2.45) is 0 Å². The van der Waals surface area contributed by atoms with Crippen LogP contribution in [-0.4, -0.2) is 23.8 Å². The van der Waals surface area contributed by atoms with Crippen molar-refractivity contribution in [1.82, 2.24) is 14.1 Å². The molecular formula is C15H23N3O2S. The second kappa shape index (κ2) is 6.15. The number of fused-ring (bicyclic) bond motifs is 1. The second-order valence-electron chi connectivity index (χ2n) is 5.51. The van der Waals surface area contributed by atoms with Crippen LogP contribution in [0, 0.1) is 0 Å². The third-order valence-corrected chi connectivity index (χ3v) is 4.86. The van der Waals surface area contributed by atoms with E-state index in [2.05, 4.69) is 23.6 Å². The minimum absolute atomic E-state index is 0.127. The Bertz CT molecular complexity index is 733. The lowest BCUT2D eigenvalue weighted by molar-refractivity contribution is 0.567. The Morgan fingerprint density at radius 3 is 2.57 bits per heavy atom. The predicted octanol–water partition coefficient (Wildman–Crippen LogP) is 2.54. The van der Waals surface area contributed by atoms with Crippen molar-refractivity contribution in [1.29, 1.82) is 0 Å². The molecule has 0 saturated carbocycles. The molecule has 0 aliphatic carbocycles. The van der Waals surface area contributed by atoms with Gasteiger partial charge in [-0.05, 0) is 38.3 Å². The first-order valence-electron chi connectivity index (χ1n) is 7.41. The zero-order valence-corrected chi connectivity index (χ0v) is 13.9. The van der Waals surface area contributed by atoms with Crippen LogP contribution in [0.5, 0.6) is 0 Å². The summed E-state index contributed by atoms with van der Waals surface area (Å²) in [4.78, 5) is 4.39. The summed E-state index contributed by atoms with van der Waals surface area (Å²) in [5.74, 6) is 0.798. The number of aryl methyl sites for hydroxylation is 2. The van der Waals surface area contributed by atoms with Gasteiger partial charge >= 0.3 is 0 Å². The summed E-state index contributed by atoms with van der Waals surface area (Å²) >= 11 is 0. The third kappa shape index (κ3) is 3.27. The molecule has 0 spiro atoms. The number of hydrogen-bond donors (Lipinski definition) is 1. The molecule has 2 aromatic heterocycles. The van der Waals surface area contributed by atoms with E-state index in [0.717, 1.165) is 30.7 Å². The number of pyridine rings is 1. The summed E-state index contributed by atoms with van der Waals surface area (Å²) < 4.78 is 29.4. The average molecular weight is 309 g/mol. The van der Waals surface area contributed by atoms with Crippen LogP contribution in [0.1, 0.15) is 45.5 Å². The minimum atomic E-state index is -3.59. The van der Waals surface area contributed by atoms with E-state index in [1.54, 1.807) is 13.8 Å². The van der Waals surface area contributed by atoms with Crippen molar-refractivity contribution in [3.8, 4) is 0 Å². The van der Waals surface area contributed by atoms with E-state index >= 15 is 0 Å². The second-order valence-corrected chi connectivity index (χ2v) is 7.13. The molecule has 0 bridgehead atoms. The summed E-state index contributed by atoms with van der Waals surface area (Å²) in [5, 5.41) is 0.127. The van der Waals surface area contributed by atoms with Crippen LogP contribution in [0.15, 0.2) is 23.4 Å². The van der Waals surface area contributed by atoms with Crippen LogP contribution >= 0.6 is 0 Å². The maximum Gasteiger partial charge on any atom is 0.260 e. The van der Waals surface area contributed by atoms with Gasteiger partial charge < -0.3 is 4.40 Å². The summed E-state index contributed by atoms with van der Waals surface area (Å²) in [6.45, 7) is 7.75. The zero-order valence-electron chi connectivity index (χ0n) is 13.0. The maximum absolute atomic E-state index is 12.4. The molecule has 0 atom stereocenters. The van der Waals surface area contributed by atoms with Crippen LogP contribution < -0.4 is 4.72 Å². The molecule has 116 valence electrons. The van der Waals surface area contributed by atoms with Crippen LogP contribution in [0.4, 0.5) is 0 Å². The van der Waals surface area contributed by atoms with Crippen molar-refractivity contribution in [3.63, 3.8) is 0 Å². The number of rotatable bonds is 6. The van der Waals surface area contributed by atoms with Crippen molar-refractivity contribution in [3.05, 3.63) is 29.7 Å². The lowest BCUT2D eigenvalue weighted by Crippen LogP contribution is -2.30. The lowest BCUT2D eigenvalue weighted by Gasteiger charge is -2.07. The predicted molar refractivity (Wildman–Crippen MR) is 84.0 cm³/mol. The summed E-state index contributed by atoms with van der Waals surface area (Å²) in [5.41, 5.74) is 1.81. The Morgan fingerprint density at radius 2 is 2.00 bits per heavy atom. The van der Waals surface area contributed by atoms with Gasteiger partial charge in [-0.15, -0.1) is 0 Å². The Morgan fingerprint density at radius 1 is 1.29 bits per heavy atom. The SMILES string of the molecule is CCCc1nc(S(=O)(=O)NC(C)C)c2ccc(CC)cn12. The lowest BCUT2D eigenvalue weighted by atomic mass is 10.2. The van der Waals surface area contributed by atoms with E-state index in [4.69, 9.17) is 0 Å². The molecule has 0 aliphatic heterocycles. The molecule has 2 rings (SSSR count). The number of nitrogens with one attached hydrogen (secondary N) is 1. The van der Waals surface area contributed by atoms with E-state index in [-0.39, 0.29) is 11.1 Å². The highest BCUT2D eigenvalue weighted by atomic mass is 32.2. The quantitative estimate of drug-likeness (QED) is 0.892. The van der Waals surface area contributed by atoms with Gasteiger partial charge in [0.15, 0.2) is 5.03 Å². The fraction of sp³-hybridized carbons (Fsp3) is 0.533. The number of hydrogen-bond acceptors (Lipinski definition) is 3. The third-order valence-electron chi connectivity index (χ3n) is 3.26. The maximum atomic E-state index is 12.4. The molecule has 1 N–H and O–H groups in total. The molecule has 21 heavy (non-hydrogen) atoms. The summed E-state index contributed by atoms with van der Waals surface area (Å²) in [6.07, 6.45) is 4.58. The van der Waals surface area contributed by atoms with Crippen LogP contribution in [-0.2, 0) is 22.9 Å². The number of sulfonamides is 1. The van der Waals surface area contributed by atoms with Gasteiger partial charge in [-0.2, -0.15) is 0 Å². The highest BCUT2D eigenvalue weighted by molar-refractivity contribution is 7.89. The molecule has 2 heterocycles. The van der Waals surface area contributed by atoms with Crippen LogP contribution in [0.25, 0.3) is 5.52 Å². The molecule has 0 aromatic carbocycles. The van der Waals surface area contributed by atoms with Crippen molar-refractivity contribution in [2.45, 2.75) is 58.0 Å². The van der Waals surface area contributed by atoms with Gasteiger partial charge in [0.25, 0.3) is 10.0 Å². The summed E-state index contributed by atoms with van der Waals surface area (Å²) in [6, 6.07) is 3.65. The minimum Gasteiger partial charge on any atom is -0.302 e. The monoisotopic (exact) mass is 309 g/mol. The number of nitrogens with zero attached hydrogens (tertiary/aromatic N) is 2. The molecule has 5 nitrogen and oxygen atoms in total. The Kier molecular flexibility index (Phi) is 4.68. The van der Waals surface area contributed by atoms with Crippen LogP contribution in [0.3, 0.4) is 0 Å². The number of imidazole rings is 1. The van der Waals surface area contributed by atoms with Gasteiger partial charge in [-0.3, -0.25) is 0 Å². The summed E-state index contributed by atoms with van der Waals surface area (Å²) in [7, 11) is -3.59. The van der Waals surface area contributed by atoms with Gasteiger partial charge in [-0.1, -0.05) is 19.9 Å². The first-order valence-corrected chi connectivity index (χ1v) is 8.89. The standard InChI is InChI=1S/C15H23N3O2S/c1-5-7-14-16-15(21(19,20)17-11(3)4)13-9-8-12(6-2)10-18(13)14/h8-11,17H,5-7H2,1-4H3. The van der Waals surface area contributed by atoms with Gasteiger partial charge in [0.05, 0.1) is 5.52 Å². The fourth-order valence-corrected chi connectivity index (χ4v) is 3.73. The molecular weight excluding hydrogens is 286 g/mol.